The zero-order valence-corrected chi connectivity index (χ0v) is 14.9. The van der Waals surface area contributed by atoms with Crippen LogP contribution in [0.3, 0.4) is 0 Å². The number of thiazole rings is 1. The van der Waals surface area contributed by atoms with Gasteiger partial charge in [0.2, 0.25) is 0 Å². The second-order valence-corrected chi connectivity index (χ2v) is 7.26. The Balaban J connectivity index is 1.66. The second kappa shape index (κ2) is 6.88. The molecule has 126 valence electrons. The van der Waals surface area contributed by atoms with E-state index in [1.54, 1.807) is 18.2 Å². The van der Waals surface area contributed by atoms with Gasteiger partial charge in [0.05, 0.1) is 5.69 Å². The number of hydrogen-bond acceptors (Lipinski definition) is 5. The van der Waals surface area contributed by atoms with Gasteiger partial charge >= 0.3 is 11.8 Å². The van der Waals surface area contributed by atoms with Crippen molar-refractivity contribution in [3.05, 3.63) is 39.4 Å². The minimum absolute atomic E-state index is 0.457. The lowest BCUT2D eigenvalue weighted by atomic mass is 10.2. The molecule has 0 bridgehead atoms. The van der Waals surface area contributed by atoms with Crippen molar-refractivity contribution in [1.29, 1.82) is 0 Å². The molecule has 1 aromatic carbocycles. The molecular weight excluding hydrogens is 348 g/mol. The summed E-state index contributed by atoms with van der Waals surface area (Å²) in [4.78, 5) is 31.9. The van der Waals surface area contributed by atoms with Crippen molar-refractivity contribution in [3.8, 4) is 0 Å². The summed E-state index contributed by atoms with van der Waals surface area (Å²) in [5.41, 5.74) is 2.34. The number of rotatable bonds is 2. The van der Waals surface area contributed by atoms with E-state index in [9.17, 15) is 9.59 Å². The van der Waals surface area contributed by atoms with Gasteiger partial charge in [0, 0.05) is 35.1 Å². The Kier molecular flexibility index (Phi) is 4.84. The number of carbonyl (C=O) groups is 2. The smallest absolute Gasteiger partial charge is 0.315 e. The Morgan fingerprint density at radius 1 is 1.29 bits per heavy atom. The van der Waals surface area contributed by atoms with Crippen molar-refractivity contribution in [1.82, 2.24) is 9.88 Å². The lowest BCUT2D eigenvalue weighted by Crippen LogP contribution is -2.29. The predicted molar refractivity (Wildman–Crippen MR) is 95.6 cm³/mol. The number of amides is 2. The van der Waals surface area contributed by atoms with Crippen molar-refractivity contribution in [2.45, 2.75) is 19.9 Å². The Bertz CT molecular complexity index is 805. The number of aryl methyl sites for hydroxylation is 1. The number of fused-ring (bicyclic) bond motifs is 1. The fourth-order valence-electron chi connectivity index (χ4n) is 2.44. The number of hydrogen-bond donors (Lipinski definition) is 2. The lowest BCUT2D eigenvalue weighted by Gasteiger charge is -2.20. The molecule has 1 aliphatic rings. The molecule has 0 saturated carbocycles. The second-order valence-electron chi connectivity index (χ2n) is 5.74. The standard InChI is InChI=1S/C16H17ClN4O2S/c1-9-3-4-10(17)7-12(9)18-14(22)15(23)20-16-19-11-5-6-21(2)8-13(11)24-16/h3-4,7H,5-6,8H2,1-2H3,(H,18,22)(H,19,20,23). The van der Waals surface area contributed by atoms with Crippen LogP contribution in [0, 0.1) is 6.92 Å². The highest BCUT2D eigenvalue weighted by Gasteiger charge is 2.21. The molecule has 1 aromatic heterocycles. The van der Waals surface area contributed by atoms with Gasteiger partial charge in [-0.25, -0.2) is 4.98 Å². The number of nitrogens with zero attached hydrogens (tertiary/aromatic N) is 2. The summed E-state index contributed by atoms with van der Waals surface area (Å²) in [6.45, 7) is 3.59. The highest BCUT2D eigenvalue weighted by atomic mass is 35.5. The maximum atomic E-state index is 12.1. The summed E-state index contributed by atoms with van der Waals surface area (Å²) in [5.74, 6) is -1.49. The molecule has 24 heavy (non-hydrogen) atoms. The van der Waals surface area contributed by atoms with Crippen molar-refractivity contribution in [2.24, 2.45) is 0 Å². The van der Waals surface area contributed by atoms with Gasteiger partial charge in [-0.1, -0.05) is 17.7 Å². The molecule has 2 aromatic rings. The van der Waals surface area contributed by atoms with E-state index in [-0.39, 0.29) is 0 Å². The summed E-state index contributed by atoms with van der Waals surface area (Å²) >= 11 is 7.33. The zero-order chi connectivity index (χ0) is 17.3. The highest BCUT2D eigenvalue weighted by molar-refractivity contribution is 7.16. The SMILES string of the molecule is Cc1ccc(Cl)cc1NC(=O)C(=O)Nc1nc2c(s1)CN(C)CC2. The summed E-state index contributed by atoms with van der Waals surface area (Å²) in [5, 5.41) is 6.10. The molecule has 2 N–H and O–H groups in total. The summed E-state index contributed by atoms with van der Waals surface area (Å²) in [6, 6.07) is 5.12. The number of benzene rings is 1. The average molecular weight is 365 g/mol. The van der Waals surface area contributed by atoms with Gasteiger partial charge < -0.3 is 10.2 Å². The van der Waals surface area contributed by atoms with Crippen LogP contribution in [0.2, 0.25) is 5.02 Å². The largest absolute Gasteiger partial charge is 0.317 e. The third kappa shape index (κ3) is 3.75. The van der Waals surface area contributed by atoms with Crippen LogP contribution in [-0.4, -0.2) is 35.3 Å². The van der Waals surface area contributed by atoms with Crippen LogP contribution >= 0.6 is 22.9 Å². The molecule has 6 nitrogen and oxygen atoms in total. The summed E-state index contributed by atoms with van der Waals surface area (Å²) in [7, 11) is 2.04. The number of nitrogens with one attached hydrogen (secondary N) is 2. The van der Waals surface area contributed by atoms with Crippen molar-refractivity contribution < 1.29 is 9.59 Å². The first-order valence-electron chi connectivity index (χ1n) is 7.48. The molecule has 0 atom stereocenters. The van der Waals surface area contributed by atoms with Gasteiger partial charge in [0.15, 0.2) is 5.13 Å². The average Bonchev–Trinajstić information content (AvgIpc) is 2.92. The topological polar surface area (TPSA) is 74.3 Å². The zero-order valence-electron chi connectivity index (χ0n) is 13.4. The fourth-order valence-corrected chi connectivity index (χ4v) is 3.69. The molecule has 1 aliphatic heterocycles. The quantitative estimate of drug-likeness (QED) is 0.803. The minimum atomic E-state index is -0.745. The maximum Gasteiger partial charge on any atom is 0.315 e. The highest BCUT2D eigenvalue weighted by Crippen LogP contribution is 2.27. The van der Waals surface area contributed by atoms with E-state index in [4.69, 9.17) is 11.6 Å². The molecule has 0 aliphatic carbocycles. The minimum Gasteiger partial charge on any atom is -0.317 e. The van der Waals surface area contributed by atoms with Crippen LogP contribution in [0.4, 0.5) is 10.8 Å². The van der Waals surface area contributed by atoms with Gasteiger partial charge in [-0.3, -0.25) is 14.9 Å². The van der Waals surface area contributed by atoms with Crippen molar-refractivity contribution >= 4 is 45.6 Å². The molecule has 2 amide bonds. The van der Waals surface area contributed by atoms with Crippen LogP contribution in [0.5, 0.6) is 0 Å². The van der Waals surface area contributed by atoms with E-state index in [1.807, 2.05) is 14.0 Å². The van der Waals surface area contributed by atoms with Crippen LogP contribution in [0.15, 0.2) is 18.2 Å². The molecule has 0 radical (unpaired) electrons. The van der Waals surface area contributed by atoms with Gasteiger partial charge in [-0.15, -0.1) is 11.3 Å². The van der Waals surface area contributed by atoms with Gasteiger partial charge in [-0.05, 0) is 31.7 Å². The third-order valence-electron chi connectivity index (χ3n) is 3.80. The van der Waals surface area contributed by atoms with Crippen molar-refractivity contribution in [3.63, 3.8) is 0 Å². The lowest BCUT2D eigenvalue weighted by molar-refractivity contribution is -0.133. The molecule has 0 fully saturated rings. The molecular formula is C16H17ClN4O2S. The van der Waals surface area contributed by atoms with E-state index < -0.39 is 11.8 Å². The Morgan fingerprint density at radius 2 is 2.04 bits per heavy atom. The van der Waals surface area contributed by atoms with E-state index in [0.29, 0.717) is 15.8 Å². The van der Waals surface area contributed by atoms with Crippen LogP contribution < -0.4 is 10.6 Å². The fraction of sp³-hybridized carbons (Fsp3) is 0.312. The number of carbonyl (C=O) groups excluding carboxylic acids is 2. The Morgan fingerprint density at radius 3 is 2.83 bits per heavy atom. The molecule has 0 spiro atoms. The summed E-state index contributed by atoms with van der Waals surface area (Å²) < 4.78 is 0. The third-order valence-corrected chi connectivity index (χ3v) is 5.03. The Hall–Kier alpha value is -1.96. The number of likely N-dealkylation sites (N-methyl/N-ethyl adjacent to an activating group) is 1. The van der Waals surface area contributed by atoms with Crippen molar-refractivity contribution in [2.75, 3.05) is 24.2 Å². The van der Waals surface area contributed by atoms with E-state index >= 15 is 0 Å². The van der Waals surface area contributed by atoms with Gasteiger partial charge in [-0.2, -0.15) is 0 Å². The first-order valence-corrected chi connectivity index (χ1v) is 8.67. The van der Waals surface area contributed by atoms with Crippen LogP contribution in [0.1, 0.15) is 16.1 Å². The number of halogens is 1. The predicted octanol–water partition coefficient (Wildman–Crippen LogP) is 2.67. The number of aromatic nitrogens is 1. The monoisotopic (exact) mass is 364 g/mol. The summed E-state index contributed by atoms with van der Waals surface area (Å²) in [6.07, 6.45) is 0.853. The molecule has 2 heterocycles. The van der Waals surface area contributed by atoms with Crippen LogP contribution in [-0.2, 0) is 22.6 Å². The number of anilines is 2. The van der Waals surface area contributed by atoms with E-state index in [2.05, 4.69) is 20.5 Å². The molecule has 0 saturated heterocycles. The normalized spacial score (nSPS) is 14.1. The maximum absolute atomic E-state index is 12.1. The first-order chi connectivity index (χ1) is 11.4. The first kappa shape index (κ1) is 16.9. The molecule has 0 unspecified atom stereocenters. The van der Waals surface area contributed by atoms with Gasteiger partial charge in [0.25, 0.3) is 0 Å². The molecule has 8 heteroatoms. The Labute approximate surface area is 148 Å². The van der Waals surface area contributed by atoms with Gasteiger partial charge in [0.1, 0.15) is 0 Å². The van der Waals surface area contributed by atoms with E-state index in [1.165, 1.54) is 11.3 Å². The van der Waals surface area contributed by atoms with Crippen LogP contribution in [0.25, 0.3) is 0 Å². The van der Waals surface area contributed by atoms with E-state index in [0.717, 1.165) is 35.6 Å². The molecule has 3 rings (SSSR count).